The minimum atomic E-state index is -0.614. The van der Waals surface area contributed by atoms with Gasteiger partial charge in [-0.1, -0.05) is 36.8 Å². The van der Waals surface area contributed by atoms with Crippen molar-refractivity contribution in [2.24, 2.45) is 4.99 Å². The molecule has 3 N–H and O–H groups in total. The van der Waals surface area contributed by atoms with E-state index in [1.165, 1.54) is 25.7 Å². The Morgan fingerprint density at radius 3 is 2.81 bits per heavy atom. The van der Waals surface area contributed by atoms with E-state index in [2.05, 4.69) is 28.8 Å². The number of aliphatic imine (C=N–C) groups is 1. The van der Waals surface area contributed by atoms with Crippen LogP contribution in [0.15, 0.2) is 35.3 Å². The van der Waals surface area contributed by atoms with E-state index in [-0.39, 0.29) is 12.7 Å². The van der Waals surface area contributed by atoms with Crippen molar-refractivity contribution >= 4 is 17.7 Å². The average Bonchev–Trinajstić information content (AvgIpc) is 2.71. The van der Waals surface area contributed by atoms with Crippen LogP contribution in [0.5, 0.6) is 0 Å². The van der Waals surface area contributed by atoms with Crippen LogP contribution in [0.25, 0.3) is 0 Å². The summed E-state index contributed by atoms with van der Waals surface area (Å²) >= 11 is 1.96. The van der Waals surface area contributed by atoms with E-state index < -0.39 is 6.10 Å². The SMILES string of the molecule is CCNC(=NCC(O)COC(C)c1ccccc1)NC1CCCC(SC)C1. The van der Waals surface area contributed by atoms with Gasteiger partial charge in [-0.3, -0.25) is 4.99 Å². The highest BCUT2D eigenvalue weighted by Crippen LogP contribution is 2.26. The number of aliphatic hydroxyl groups is 1. The molecule has 2 rings (SSSR count). The normalized spacial score (nSPS) is 22.9. The fourth-order valence-corrected chi connectivity index (χ4v) is 4.16. The van der Waals surface area contributed by atoms with E-state index in [9.17, 15) is 5.11 Å². The van der Waals surface area contributed by atoms with Gasteiger partial charge in [0.1, 0.15) is 0 Å². The number of ether oxygens (including phenoxy) is 1. The summed E-state index contributed by atoms with van der Waals surface area (Å²) in [6, 6.07) is 10.5. The summed E-state index contributed by atoms with van der Waals surface area (Å²) in [5.41, 5.74) is 1.11. The Morgan fingerprint density at radius 1 is 1.33 bits per heavy atom. The first-order valence-electron chi connectivity index (χ1n) is 10.0. The summed E-state index contributed by atoms with van der Waals surface area (Å²) in [5.74, 6) is 0.791. The molecule has 1 aromatic rings. The Morgan fingerprint density at radius 2 is 2.11 bits per heavy atom. The first-order valence-corrected chi connectivity index (χ1v) is 11.3. The quantitative estimate of drug-likeness (QED) is 0.443. The summed E-state index contributed by atoms with van der Waals surface area (Å²) < 4.78 is 5.80. The van der Waals surface area contributed by atoms with Crippen molar-refractivity contribution in [3.05, 3.63) is 35.9 Å². The Hall–Kier alpha value is -1.24. The van der Waals surface area contributed by atoms with Crippen LogP contribution in [0.4, 0.5) is 0 Å². The highest BCUT2D eigenvalue weighted by Gasteiger charge is 2.22. The number of aliphatic hydroxyl groups excluding tert-OH is 1. The average molecular weight is 394 g/mol. The third-order valence-corrected chi connectivity index (χ3v) is 6.01. The van der Waals surface area contributed by atoms with Crippen LogP contribution in [0, 0.1) is 0 Å². The van der Waals surface area contributed by atoms with Gasteiger partial charge in [0.2, 0.25) is 0 Å². The van der Waals surface area contributed by atoms with Crippen LogP contribution in [0.2, 0.25) is 0 Å². The lowest BCUT2D eigenvalue weighted by Crippen LogP contribution is -2.46. The molecule has 27 heavy (non-hydrogen) atoms. The first kappa shape index (κ1) is 22.1. The maximum atomic E-state index is 10.3. The lowest BCUT2D eigenvalue weighted by Gasteiger charge is -2.30. The summed E-state index contributed by atoms with van der Waals surface area (Å²) in [6.45, 7) is 5.47. The van der Waals surface area contributed by atoms with Gasteiger partial charge < -0.3 is 20.5 Å². The van der Waals surface area contributed by atoms with Crippen molar-refractivity contribution in [1.29, 1.82) is 0 Å². The third-order valence-electron chi connectivity index (χ3n) is 4.91. The fraction of sp³-hybridized carbons (Fsp3) is 0.667. The summed E-state index contributed by atoms with van der Waals surface area (Å²) in [7, 11) is 0. The zero-order valence-corrected chi connectivity index (χ0v) is 17.7. The van der Waals surface area contributed by atoms with Crippen LogP contribution < -0.4 is 10.6 Å². The van der Waals surface area contributed by atoms with E-state index in [0.29, 0.717) is 12.6 Å². The molecule has 4 atom stereocenters. The van der Waals surface area contributed by atoms with Gasteiger partial charge in [-0.05, 0) is 44.9 Å². The molecule has 0 saturated heterocycles. The van der Waals surface area contributed by atoms with E-state index in [1.54, 1.807) is 0 Å². The molecule has 0 spiro atoms. The number of thioether (sulfide) groups is 1. The van der Waals surface area contributed by atoms with Gasteiger partial charge >= 0.3 is 0 Å². The second kappa shape index (κ2) is 12.3. The van der Waals surface area contributed by atoms with Gasteiger partial charge in [-0.2, -0.15) is 11.8 Å². The maximum Gasteiger partial charge on any atom is 0.191 e. The van der Waals surface area contributed by atoms with Crippen molar-refractivity contribution in [3.63, 3.8) is 0 Å². The molecule has 6 heteroatoms. The van der Waals surface area contributed by atoms with Crippen LogP contribution in [-0.2, 0) is 4.74 Å². The first-order chi connectivity index (χ1) is 13.1. The summed E-state index contributed by atoms with van der Waals surface area (Å²) in [5, 5.41) is 17.8. The summed E-state index contributed by atoms with van der Waals surface area (Å²) in [4.78, 5) is 4.57. The van der Waals surface area contributed by atoms with Crippen molar-refractivity contribution in [1.82, 2.24) is 10.6 Å². The highest BCUT2D eigenvalue weighted by molar-refractivity contribution is 7.99. The fourth-order valence-electron chi connectivity index (χ4n) is 3.33. The maximum absolute atomic E-state index is 10.3. The van der Waals surface area contributed by atoms with Crippen molar-refractivity contribution < 1.29 is 9.84 Å². The Bertz CT molecular complexity index is 556. The van der Waals surface area contributed by atoms with E-state index >= 15 is 0 Å². The third kappa shape index (κ3) is 8.11. The van der Waals surface area contributed by atoms with Gasteiger partial charge in [0.15, 0.2) is 5.96 Å². The van der Waals surface area contributed by atoms with Crippen molar-refractivity contribution in [3.8, 4) is 0 Å². The number of guanidine groups is 1. The molecule has 0 amide bonds. The second-order valence-electron chi connectivity index (χ2n) is 7.13. The molecule has 0 bridgehead atoms. The van der Waals surface area contributed by atoms with Gasteiger partial charge in [0.25, 0.3) is 0 Å². The molecule has 0 aliphatic heterocycles. The number of nitrogens with zero attached hydrogens (tertiary/aromatic N) is 1. The number of hydrogen-bond acceptors (Lipinski definition) is 4. The highest BCUT2D eigenvalue weighted by atomic mass is 32.2. The molecular formula is C21H35N3O2S. The van der Waals surface area contributed by atoms with E-state index in [4.69, 9.17) is 4.74 Å². The van der Waals surface area contributed by atoms with Gasteiger partial charge in [0.05, 0.1) is 25.4 Å². The number of nitrogens with one attached hydrogen (secondary N) is 2. The molecule has 1 fully saturated rings. The van der Waals surface area contributed by atoms with Gasteiger partial charge in [-0.15, -0.1) is 0 Å². The molecule has 1 aliphatic carbocycles. The minimum absolute atomic E-state index is 0.0399. The number of hydrogen-bond donors (Lipinski definition) is 3. The molecular weight excluding hydrogens is 358 g/mol. The van der Waals surface area contributed by atoms with Gasteiger partial charge in [-0.25, -0.2) is 0 Å². The lowest BCUT2D eigenvalue weighted by molar-refractivity contribution is 0.00111. The molecule has 152 valence electrons. The predicted molar refractivity (Wildman–Crippen MR) is 115 cm³/mol. The zero-order valence-electron chi connectivity index (χ0n) is 16.9. The predicted octanol–water partition coefficient (Wildman–Crippen LogP) is 3.35. The molecule has 0 radical (unpaired) electrons. The zero-order chi connectivity index (χ0) is 19.5. The Labute approximate surface area is 168 Å². The monoisotopic (exact) mass is 393 g/mol. The Balaban J connectivity index is 1.78. The Kier molecular flexibility index (Phi) is 10.0. The number of rotatable bonds is 9. The molecule has 4 unspecified atom stereocenters. The molecule has 0 aromatic heterocycles. The van der Waals surface area contributed by atoms with Crippen molar-refractivity contribution in [2.75, 3.05) is 26.0 Å². The van der Waals surface area contributed by atoms with Crippen LogP contribution in [-0.4, -0.2) is 54.4 Å². The molecule has 1 aliphatic rings. The minimum Gasteiger partial charge on any atom is -0.389 e. The summed E-state index contributed by atoms with van der Waals surface area (Å²) in [6.07, 6.45) is 6.46. The molecule has 5 nitrogen and oxygen atoms in total. The molecule has 1 aromatic carbocycles. The van der Waals surface area contributed by atoms with E-state index in [0.717, 1.165) is 23.3 Å². The van der Waals surface area contributed by atoms with E-state index in [1.807, 2.05) is 49.0 Å². The molecule has 0 heterocycles. The second-order valence-corrected chi connectivity index (χ2v) is 8.26. The van der Waals surface area contributed by atoms with Crippen LogP contribution >= 0.6 is 11.8 Å². The van der Waals surface area contributed by atoms with Crippen LogP contribution in [0.3, 0.4) is 0 Å². The topological polar surface area (TPSA) is 65.9 Å². The standard InChI is InChI=1S/C21H35N3O2S/c1-4-22-21(24-18-11-8-12-20(13-18)27-3)23-14-19(25)15-26-16(2)17-9-6-5-7-10-17/h5-7,9-10,16,18-20,25H,4,8,11-15H2,1-3H3,(H2,22,23,24). The largest absolute Gasteiger partial charge is 0.389 e. The van der Waals surface area contributed by atoms with Crippen molar-refractivity contribution in [2.45, 2.75) is 63.0 Å². The lowest BCUT2D eigenvalue weighted by atomic mass is 9.95. The van der Waals surface area contributed by atoms with Gasteiger partial charge in [0, 0.05) is 17.8 Å². The smallest absolute Gasteiger partial charge is 0.191 e. The van der Waals surface area contributed by atoms with Crippen LogP contribution in [0.1, 0.15) is 51.2 Å². The number of benzene rings is 1. The molecule has 1 saturated carbocycles.